The van der Waals surface area contributed by atoms with E-state index in [-0.39, 0.29) is 5.82 Å². The molecule has 0 saturated carbocycles. The molecular weight excluding hydrogens is 243 g/mol. The largest absolute Gasteiger partial charge is 0.459 e. The minimum Gasteiger partial charge on any atom is -0.459 e. The van der Waals surface area contributed by atoms with Crippen LogP contribution >= 0.6 is 0 Å². The first-order chi connectivity index (χ1) is 9.22. The summed E-state index contributed by atoms with van der Waals surface area (Å²) in [6, 6.07) is 4.64. The van der Waals surface area contributed by atoms with Gasteiger partial charge in [-0.3, -0.25) is 0 Å². The fraction of sp³-hybridized carbons (Fsp3) is 0.467. The van der Waals surface area contributed by atoms with Crippen LogP contribution in [0.25, 0.3) is 11.0 Å². The van der Waals surface area contributed by atoms with Gasteiger partial charge in [0.05, 0.1) is 6.54 Å². The van der Waals surface area contributed by atoms with Crippen molar-refractivity contribution in [3.63, 3.8) is 0 Å². The van der Waals surface area contributed by atoms with Crippen LogP contribution in [0.5, 0.6) is 0 Å². The van der Waals surface area contributed by atoms with E-state index in [0.29, 0.717) is 6.54 Å². The van der Waals surface area contributed by atoms with Crippen molar-refractivity contribution >= 4 is 11.0 Å². The van der Waals surface area contributed by atoms with E-state index in [1.165, 1.54) is 12.1 Å². The summed E-state index contributed by atoms with van der Waals surface area (Å²) < 4.78 is 18.9. The molecule has 0 bridgehead atoms. The second-order valence-corrected chi connectivity index (χ2v) is 4.72. The second-order valence-electron chi connectivity index (χ2n) is 4.72. The first-order valence-electron chi connectivity index (χ1n) is 6.81. The molecule has 4 heteroatoms. The van der Waals surface area contributed by atoms with Gasteiger partial charge in [0.2, 0.25) is 0 Å². The van der Waals surface area contributed by atoms with Crippen LogP contribution in [0.1, 0.15) is 24.7 Å². The van der Waals surface area contributed by atoms with Gasteiger partial charge >= 0.3 is 0 Å². The Hall–Kier alpha value is -1.39. The van der Waals surface area contributed by atoms with E-state index in [2.05, 4.69) is 17.6 Å². The first kappa shape index (κ1) is 14.0. The predicted octanol–water partition coefficient (Wildman–Crippen LogP) is 2.97. The lowest BCUT2D eigenvalue weighted by Gasteiger charge is -2.04. The van der Waals surface area contributed by atoms with Crippen molar-refractivity contribution in [1.29, 1.82) is 0 Å². The summed E-state index contributed by atoms with van der Waals surface area (Å²) in [5.74, 6) is 0.663. The van der Waals surface area contributed by atoms with E-state index in [1.54, 1.807) is 6.07 Å². The Kier molecular flexibility index (Phi) is 4.93. The molecule has 0 amide bonds. The highest BCUT2D eigenvalue weighted by Crippen LogP contribution is 2.25. The zero-order valence-corrected chi connectivity index (χ0v) is 11.6. The maximum absolute atomic E-state index is 13.2. The summed E-state index contributed by atoms with van der Waals surface area (Å²) in [6.45, 7) is 7.68. The first-order valence-corrected chi connectivity index (χ1v) is 6.81. The molecule has 0 spiro atoms. The summed E-state index contributed by atoms with van der Waals surface area (Å²) in [5, 5.41) is 7.52. The fourth-order valence-corrected chi connectivity index (χ4v) is 2.09. The van der Waals surface area contributed by atoms with Gasteiger partial charge in [-0.15, -0.1) is 0 Å². The third kappa shape index (κ3) is 3.55. The maximum Gasteiger partial charge on any atom is 0.134 e. The lowest BCUT2D eigenvalue weighted by molar-refractivity contribution is 0.504. The molecule has 0 radical (unpaired) electrons. The van der Waals surface area contributed by atoms with Crippen LogP contribution < -0.4 is 10.6 Å². The molecule has 2 rings (SSSR count). The predicted molar refractivity (Wildman–Crippen MR) is 75.8 cm³/mol. The maximum atomic E-state index is 13.2. The molecule has 1 heterocycles. The molecule has 2 N–H and O–H groups in total. The Balaban J connectivity index is 1.92. The van der Waals surface area contributed by atoms with Crippen molar-refractivity contribution in [2.24, 2.45) is 0 Å². The van der Waals surface area contributed by atoms with Crippen LogP contribution in [0.3, 0.4) is 0 Å². The zero-order valence-electron chi connectivity index (χ0n) is 11.6. The Morgan fingerprint density at radius 1 is 1.16 bits per heavy atom. The molecule has 1 aromatic carbocycles. The van der Waals surface area contributed by atoms with E-state index >= 15 is 0 Å². The number of nitrogens with one attached hydrogen (secondary N) is 2. The molecule has 0 fully saturated rings. The third-order valence-corrected chi connectivity index (χ3v) is 3.19. The van der Waals surface area contributed by atoms with Crippen LogP contribution in [0.2, 0.25) is 0 Å². The van der Waals surface area contributed by atoms with Crippen molar-refractivity contribution in [2.75, 3.05) is 19.6 Å². The minimum absolute atomic E-state index is 0.223. The summed E-state index contributed by atoms with van der Waals surface area (Å²) in [6.07, 6.45) is 1.15. The number of rotatable bonds is 7. The van der Waals surface area contributed by atoms with Crippen molar-refractivity contribution in [3.05, 3.63) is 35.3 Å². The molecule has 0 aliphatic heterocycles. The number of aryl methyl sites for hydroxylation is 1. The molecule has 0 aliphatic rings. The number of hydrogen-bond donors (Lipinski definition) is 2. The lowest BCUT2D eigenvalue weighted by atomic mass is 10.1. The normalized spacial score (nSPS) is 11.3. The van der Waals surface area contributed by atoms with Crippen LogP contribution in [-0.4, -0.2) is 19.6 Å². The average Bonchev–Trinajstić information content (AvgIpc) is 2.71. The number of hydrogen-bond acceptors (Lipinski definition) is 3. The highest BCUT2D eigenvalue weighted by molar-refractivity contribution is 5.82. The van der Waals surface area contributed by atoms with E-state index < -0.39 is 0 Å². The zero-order chi connectivity index (χ0) is 13.7. The molecule has 1 aromatic heterocycles. The number of furan rings is 1. The van der Waals surface area contributed by atoms with Crippen LogP contribution in [-0.2, 0) is 6.54 Å². The van der Waals surface area contributed by atoms with Gasteiger partial charge in [0.25, 0.3) is 0 Å². The number of benzene rings is 1. The monoisotopic (exact) mass is 264 g/mol. The van der Waals surface area contributed by atoms with Gasteiger partial charge in [-0.1, -0.05) is 6.92 Å². The van der Waals surface area contributed by atoms with Crippen LogP contribution in [0, 0.1) is 12.7 Å². The molecule has 0 saturated heterocycles. The summed E-state index contributed by atoms with van der Waals surface area (Å²) >= 11 is 0. The SMILES string of the molecule is CCCNCCNCc1oc2ccc(F)cc2c1C. The third-order valence-electron chi connectivity index (χ3n) is 3.19. The van der Waals surface area contributed by atoms with Gasteiger partial charge in [0.1, 0.15) is 17.2 Å². The summed E-state index contributed by atoms with van der Waals surface area (Å²) in [4.78, 5) is 0. The standard InChI is InChI=1S/C15H21FN2O/c1-3-6-17-7-8-18-10-15-11(2)13-9-12(16)4-5-14(13)19-15/h4-5,9,17-18H,3,6-8,10H2,1-2H3. The quantitative estimate of drug-likeness (QED) is 0.755. The van der Waals surface area contributed by atoms with Crippen molar-refractivity contribution in [1.82, 2.24) is 10.6 Å². The van der Waals surface area contributed by atoms with Gasteiger partial charge in [-0.25, -0.2) is 4.39 Å². The minimum atomic E-state index is -0.223. The molecule has 19 heavy (non-hydrogen) atoms. The Bertz CT molecular complexity index is 536. The summed E-state index contributed by atoms with van der Waals surface area (Å²) in [5.41, 5.74) is 1.77. The molecule has 104 valence electrons. The average molecular weight is 264 g/mol. The van der Waals surface area contributed by atoms with Crippen LogP contribution in [0.15, 0.2) is 22.6 Å². The van der Waals surface area contributed by atoms with E-state index in [0.717, 1.165) is 48.3 Å². The van der Waals surface area contributed by atoms with Gasteiger partial charge in [-0.2, -0.15) is 0 Å². The van der Waals surface area contributed by atoms with Crippen molar-refractivity contribution < 1.29 is 8.81 Å². The molecule has 2 aromatic rings. The van der Waals surface area contributed by atoms with Gasteiger partial charge in [0, 0.05) is 18.5 Å². The highest BCUT2D eigenvalue weighted by Gasteiger charge is 2.10. The highest BCUT2D eigenvalue weighted by atomic mass is 19.1. The van der Waals surface area contributed by atoms with E-state index in [4.69, 9.17) is 4.42 Å². The van der Waals surface area contributed by atoms with Crippen molar-refractivity contribution in [2.45, 2.75) is 26.8 Å². The molecule has 0 unspecified atom stereocenters. The van der Waals surface area contributed by atoms with Gasteiger partial charge in [0.15, 0.2) is 0 Å². The van der Waals surface area contributed by atoms with Gasteiger partial charge in [-0.05, 0) is 43.7 Å². The van der Waals surface area contributed by atoms with Crippen molar-refractivity contribution in [3.8, 4) is 0 Å². The Labute approximate surface area is 113 Å². The van der Waals surface area contributed by atoms with Gasteiger partial charge < -0.3 is 15.1 Å². The fourth-order valence-electron chi connectivity index (χ4n) is 2.09. The smallest absolute Gasteiger partial charge is 0.134 e. The van der Waals surface area contributed by atoms with E-state index in [1.807, 2.05) is 6.92 Å². The topological polar surface area (TPSA) is 37.2 Å². The Morgan fingerprint density at radius 2 is 1.95 bits per heavy atom. The second kappa shape index (κ2) is 6.68. The Morgan fingerprint density at radius 3 is 2.74 bits per heavy atom. The number of fused-ring (bicyclic) bond motifs is 1. The molecule has 0 aliphatic carbocycles. The van der Waals surface area contributed by atoms with E-state index in [9.17, 15) is 4.39 Å². The number of halogens is 1. The lowest BCUT2D eigenvalue weighted by Crippen LogP contribution is -2.27. The molecule has 0 atom stereocenters. The molecule has 3 nitrogen and oxygen atoms in total. The molecular formula is C15H21FN2O. The summed E-state index contributed by atoms with van der Waals surface area (Å²) in [7, 11) is 0. The van der Waals surface area contributed by atoms with Crippen LogP contribution in [0.4, 0.5) is 4.39 Å².